The molecule has 1 aromatic heterocycles. The van der Waals surface area contributed by atoms with Crippen molar-refractivity contribution in [3.8, 4) is 0 Å². The predicted molar refractivity (Wildman–Crippen MR) is 135 cm³/mol. The fraction of sp³-hybridized carbons (Fsp3) is 0.217. The van der Waals surface area contributed by atoms with Crippen LogP contribution in [0.15, 0.2) is 54.6 Å². The summed E-state index contributed by atoms with van der Waals surface area (Å²) >= 11 is 4.72. The third-order valence-corrected chi connectivity index (χ3v) is 6.45. The van der Waals surface area contributed by atoms with Gasteiger partial charge < -0.3 is 15.0 Å². The van der Waals surface area contributed by atoms with E-state index in [2.05, 4.69) is 124 Å². The van der Waals surface area contributed by atoms with Crippen LogP contribution < -0.4 is 5.32 Å². The minimum Gasteiger partial charge on any atom is -0.389 e. The number of nitrogens with zero attached hydrogens (tertiary/aromatic N) is 1. The molecule has 0 bridgehead atoms. The molecule has 0 aliphatic heterocycles. The number of hydrogen-bond donors (Lipinski definition) is 2. The Morgan fingerprint density at radius 3 is 2.11 bits per heavy atom. The Hall–Kier alpha value is -1.32. The molecule has 0 saturated heterocycles. The van der Waals surface area contributed by atoms with Crippen LogP contribution in [0.5, 0.6) is 0 Å². The fourth-order valence-electron chi connectivity index (χ4n) is 3.67. The van der Waals surface area contributed by atoms with E-state index in [-0.39, 0.29) is 0 Å². The third-order valence-electron chi connectivity index (χ3n) is 5.10. The first-order valence-electron chi connectivity index (χ1n) is 9.28. The zero-order valence-corrected chi connectivity index (χ0v) is 20.2. The number of halogens is 2. The van der Waals surface area contributed by atoms with Gasteiger partial charge in [-0.1, -0.05) is 12.1 Å². The van der Waals surface area contributed by atoms with E-state index >= 15 is 0 Å². The maximum absolute atomic E-state index is 10.8. The van der Waals surface area contributed by atoms with Gasteiger partial charge in [-0.05, 0) is 113 Å². The van der Waals surface area contributed by atoms with Crippen molar-refractivity contribution in [1.82, 2.24) is 4.57 Å². The molecular formula is C23H22I2N2O. The van der Waals surface area contributed by atoms with Crippen molar-refractivity contribution in [3.63, 3.8) is 0 Å². The van der Waals surface area contributed by atoms with Gasteiger partial charge in [-0.2, -0.15) is 0 Å². The quantitative estimate of drug-likeness (QED) is 0.274. The molecule has 0 spiro atoms. The first-order chi connectivity index (χ1) is 13.4. The van der Waals surface area contributed by atoms with Gasteiger partial charge in [0.15, 0.2) is 0 Å². The van der Waals surface area contributed by atoms with Gasteiger partial charge in [-0.25, -0.2) is 0 Å². The van der Waals surface area contributed by atoms with Gasteiger partial charge in [0.1, 0.15) is 0 Å². The lowest BCUT2D eigenvalue weighted by Gasteiger charge is -2.17. The van der Waals surface area contributed by atoms with Crippen LogP contribution in [0.25, 0.3) is 21.8 Å². The number of hydrogen-bond acceptors (Lipinski definition) is 2. The summed E-state index contributed by atoms with van der Waals surface area (Å²) in [6.07, 6.45) is -0.489. The highest BCUT2D eigenvalue weighted by atomic mass is 127. The Morgan fingerprint density at radius 1 is 0.893 bits per heavy atom. The summed E-state index contributed by atoms with van der Waals surface area (Å²) in [5.74, 6) is 0. The summed E-state index contributed by atoms with van der Waals surface area (Å²) < 4.78 is 4.69. The van der Waals surface area contributed by atoms with Crippen molar-refractivity contribution in [3.05, 3.63) is 72.9 Å². The standard InChI is InChI=1S/C23H22I2N2O/c1-14-3-4-15(2)21(9-14)26-12-18(28)13-27-22-7-5-16(24)10-19(22)20-11-17(25)6-8-23(20)27/h3-11,18,26,28H,12-13H2,1-2H3/t18-/m0/s1. The van der Waals surface area contributed by atoms with Crippen molar-refractivity contribution in [1.29, 1.82) is 0 Å². The van der Waals surface area contributed by atoms with Gasteiger partial charge in [0.25, 0.3) is 0 Å². The molecular weight excluding hydrogens is 574 g/mol. The molecule has 28 heavy (non-hydrogen) atoms. The SMILES string of the molecule is Cc1ccc(C)c(NC[C@H](O)Cn2c3ccc(I)cc3c3cc(I)ccc32)c1. The minimum absolute atomic E-state index is 0.489. The van der Waals surface area contributed by atoms with Crippen LogP contribution in [-0.2, 0) is 6.54 Å². The monoisotopic (exact) mass is 596 g/mol. The number of benzene rings is 3. The van der Waals surface area contributed by atoms with E-state index in [1.165, 1.54) is 40.1 Å². The van der Waals surface area contributed by atoms with Crippen LogP contribution in [0.3, 0.4) is 0 Å². The van der Waals surface area contributed by atoms with Crippen molar-refractivity contribution < 1.29 is 5.11 Å². The summed E-state index contributed by atoms with van der Waals surface area (Å²) in [6.45, 7) is 5.24. The fourth-order valence-corrected chi connectivity index (χ4v) is 4.66. The molecule has 0 amide bonds. The van der Waals surface area contributed by atoms with Crippen LogP contribution in [-0.4, -0.2) is 22.3 Å². The van der Waals surface area contributed by atoms with Crippen LogP contribution in [0.2, 0.25) is 0 Å². The summed E-state index contributed by atoms with van der Waals surface area (Å²) in [6, 6.07) is 19.4. The van der Waals surface area contributed by atoms with Gasteiger partial charge in [-0.15, -0.1) is 0 Å². The van der Waals surface area contributed by atoms with Crippen molar-refractivity contribution in [2.24, 2.45) is 0 Å². The van der Waals surface area contributed by atoms with Crippen LogP contribution in [0.4, 0.5) is 5.69 Å². The highest BCUT2D eigenvalue weighted by molar-refractivity contribution is 14.1. The van der Waals surface area contributed by atoms with Gasteiger partial charge in [0.05, 0.1) is 12.6 Å². The zero-order valence-electron chi connectivity index (χ0n) is 15.8. The normalized spacial score (nSPS) is 12.6. The molecule has 144 valence electrons. The van der Waals surface area contributed by atoms with Crippen LogP contribution in [0.1, 0.15) is 11.1 Å². The smallest absolute Gasteiger partial charge is 0.0891 e. The van der Waals surface area contributed by atoms with E-state index in [9.17, 15) is 5.11 Å². The molecule has 3 nitrogen and oxygen atoms in total. The van der Waals surface area contributed by atoms with Crippen molar-refractivity contribution in [2.75, 3.05) is 11.9 Å². The molecule has 3 aromatic carbocycles. The molecule has 1 atom stereocenters. The average molecular weight is 596 g/mol. The Balaban J connectivity index is 1.64. The zero-order chi connectivity index (χ0) is 19.8. The van der Waals surface area contributed by atoms with E-state index < -0.39 is 6.10 Å². The maximum Gasteiger partial charge on any atom is 0.0891 e. The molecule has 0 aliphatic rings. The highest BCUT2D eigenvalue weighted by Gasteiger charge is 2.15. The molecule has 4 aromatic rings. The number of aliphatic hydroxyl groups excluding tert-OH is 1. The number of rotatable bonds is 5. The maximum atomic E-state index is 10.8. The molecule has 5 heteroatoms. The molecule has 0 radical (unpaired) electrons. The number of fused-ring (bicyclic) bond motifs is 3. The van der Waals surface area contributed by atoms with Gasteiger partial charge in [0, 0.05) is 41.2 Å². The van der Waals surface area contributed by atoms with E-state index in [0.717, 1.165) is 5.69 Å². The number of aryl methyl sites for hydroxylation is 2. The van der Waals surface area contributed by atoms with Crippen molar-refractivity contribution >= 4 is 72.7 Å². The Bertz CT molecular complexity index is 1110. The van der Waals surface area contributed by atoms with E-state index in [4.69, 9.17) is 0 Å². The van der Waals surface area contributed by atoms with Crippen molar-refractivity contribution in [2.45, 2.75) is 26.5 Å². The second-order valence-corrected chi connectivity index (χ2v) is 9.78. The van der Waals surface area contributed by atoms with Gasteiger partial charge in [0.2, 0.25) is 0 Å². The molecule has 2 N–H and O–H groups in total. The van der Waals surface area contributed by atoms with Crippen LogP contribution in [0, 0.1) is 21.0 Å². The summed E-state index contributed by atoms with van der Waals surface area (Å²) in [5, 5.41) is 16.7. The summed E-state index contributed by atoms with van der Waals surface area (Å²) in [7, 11) is 0. The lowest BCUT2D eigenvalue weighted by molar-refractivity contribution is 0.169. The Morgan fingerprint density at radius 2 is 1.50 bits per heavy atom. The summed E-state index contributed by atoms with van der Waals surface area (Å²) in [4.78, 5) is 0. The molecule has 0 saturated carbocycles. The van der Waals surface area contributed by atoms with Crippen LogP contribution >= 0.6 is 45.2 Å². The largest absolute Gasteiger partial charge is 0.389 e. The summed E-state index contributed by atoms with van der Waals surface area (Å²) in [5.41, 5.74) is 5.84. The topological polar surface area (TPSA) is 37.2 Å². The molecule has 0 fully saturated rings. The number of aromatic nitrogens is 1. The molecule has 0 unspecified atom stereocenters. The number of anilines is 1. The highest BCUT2D eigenvalue weighted by Crippen LogP contribution is 2.31. The third kappa shape index (κ3) is 4.02. The minimum atomic E-state index is -0.489. The second-order valence-electron chi connectivity index (χ2n) is 7.29. The van der Waals surface area contributed by atoms with E-state index in [1.54, 1.807) is 0 Å². The average Bonchev–Trinajstić information content (AvgIpc) is 2.95. The molecule has 0 aliphatic carbocycles. The first-order valence-corrected chi connectivity index (χ1v) is 11.4. The van der Waals surface area contributed by atoms with Gasteiger partial charge >= 0.3 is 0 Å². The molecule has 4 rings (SSSR count). The first kappa shape index (κ1) is 20.0. The Kier molecular flexibility index (Phi) is 5.85. The lowest BCUT2D eigenvalue weighted by atomic mass is 10.1. The van der Waals surface area contributed by atoms with E-state index in [1.807, 2.05) is 0 Å². The lowest BCUT2D eigenvalue weighted by Crippen LogP contribution is -2.25. The van der Waals surface area contributed by atoms with Gasteiger partial charge in [-0.3, -0.25) is 0 Å². The number of nitrogens with one attached hydrogen (secondary N) is 1. The van der Waals surface area contributed by atoms with E-state index in [0.29, 0.717) is 13.1 Å². The molecule has 1 heterocycles. The number of aliphatic hydroxyl groups is 1. The Labute approximate surface area is 192 Å². The predicted octanol–water partition coefficient (Wildman–Crippen LogP) is 6.09. The second kappa shape index (κ2) is 8.20.